The molecule has 0 saturated heterocycles. The van der Waals surface area contributed by atoms with Crippen molar-refractivity contribution in [3.05, 3.63) is 60.4 Å². The van der Waals surface area contributed by atoms with Gasteiger partial charge in [0.2, 0.25) is 0 Å². The lowest BCUT2D eigenvalue weighted by Gasteiger charge is -2.10. The number of sulfonamides is 1. The summed E-state index contributed by atoms with van der Waals surface area (Å²) in [7, 11) is -3.80. The van der Waals surface area contributed by atoms with Crippen LogP contribution in [-0.2, 0) is 10.0 Å². The molecule has 2 N–H and O–H groups in total. The molecule has 0 atom stereocenters. The first-order chi connectivity index (χ1) is 13.0. The smallest absolute Gasteiger partial charge is 0.261 e. The molecule has 1 aliphatic carbocycles. The Morgan fingerprint density at radius 2 is 1.89 bits per heavy atom. The van der Waals surface area contributed by atoms with Crippen LogP contribution in [0.4, 0.5) is 5.69 Å². The molecule has 1 fully saturated rings. The summed E-state index contributed by atoms with van der Waals surface area (Å²) in [5.41, 5.74) is 1.38. The lowest BCUT2D eigenvalue weighted by molar-refractivity contribution is 0.0951. The van der Waals surface area contributed by atoms with Crippen LogP contribution in [0.2, 0.25) is 0 Å². The minimum absolute atomic E-state index is 0.0750. The largest absolute Gasteiger partial charge is 0.349 e. The van der Waals surface area contributed by atoms with E-state index in [0.717, 1.165) is 12.8 Å². The van der Waals surface area contributed by atoms with Crippen molar-refractivity contribution in [1.29, 1.82) is 0 Å². The van der Waals surface area contributed by atoms with E-state index in [1.807, 2.05) is 0 Å². The summed E-state index contributed by atoms with van der Waals surface area (Å²) in [6.45, 7) is 0. The van der Waals surface area contributed by atoms with E-state index in [-0.39, 0.29) is 16.8 Å². The number of amides is 1. The highest BCUT2D eigenvalue weighted by Gasteiger charge is 2.23. The van der Waals surface area contributed by atoms with Crippen molar-refractivity contribution in [2.45, 2.75) is 23.8 Å². The quantitative estimate of drug-likeness (QED) is 0.662. The van der Waals surface area contributed by atoms with Crippen molar-refractivity contribution in [1.82, 2.24) is 25.5 Å². The molecule has 1 aliphatic rings. The number of hydrogen-bond donors (Lipinski definition) is 2. The predicted molar refractivity (Wildman–Crippen MR) is 96.9 cm³/mol. The maximum atomic E-state index is 12.6. The Morgan fingerprint density at radius 3 is 2.56 bits per heavy atom. The molecular formula is C17H16N6O3S. The van der Waals surface area contributed by atoms with E-state index in [1.54, 1.807) is 36.4 Å². The second-order valence-electron chi connectivity index (χ2n) is 6.18. The number of nitrogens with one attached hydrogen (secondary N) is 2. The summed E-state index contributed by atoms with van der Waals surface area (Å²) in [6, 6.07) is 12.8. The minimum Gasteiger partial charge on any atom is -0.349 e. The number of hydrogen-bond acceptors (Lipinski definition) is 6. The van der Waals surface area contributed by atoms with Crippen molar-refractivity contribution >= 4 is 21.6 Å². The Kier molecular flexibility index (Phi) is 4.32. The van der Waals surface area contributed by atoms with Crippen LogP contribution < -0.4 is 10.0 Å². The number of carbonyl (C=O) groups is 1. The van der Waals surface area contributed by atoms with Crippen LogP contribution in [0.15, 0.2) is 59.8 Å². The average Bonchev–Trinajstić information content (AvgIpc) is 3.31. The second kappa shape index (κ2) is 6.80. The Bertz CT molecular complexity index is 1060. The van der Waals surface area contributed by atoms with Gasteiger partial charge in [-0.15, -0.1) is 5.10 Å². The number of carbonyl (C=O) groups excluding carboxylic acids is 1. The number of rotatable bonds is 6. The van der Waals surface area contributed by atoms with Gasteiger partial charge in [-0.25, -0.2) is 13.1 Å². The highest BCUT2D eigenvalue weighted by atomic mass is 32.2. The van der Waals surface area contributed by atoms with E-state index in [4.69, 9.17) is 0 Å². The van der Waals surface area contributed by atoms with Crippen molar-refractivity contribution in [3.63, 3.8) is 0 Å². The monoisotopic (exact) mass is 384 g/mol. The van der Waals surface area contributed by atoms with E-state index in [1.165, 1.54) is 23.1 Å². The fourth-order valence-corrected chi connectivity index (χ4v) is 3.57. The van der Waals surface area contributed by atoms with E-state index < -0.39 is 10.0 Å². The van der Waals surface area contributed by atoms with Crippen LogP contribution in [0, 0.1) is 0 Å². The Morgan fingerprint density at radius 1 is 1.11 bits per heavy atom. The predicted octanol–water partition coefficient (Wildman–Crippen LogP) is 1.36. The third kappa shape index (κ3) is 3.95. The molecule has 9 nitrogen and oxygen atoms in total. The van der Waals surface area contributed by atoms with Gasteiger partial charge in [0.25, 0.3) is 15.9 Å². The first kappa shape index (κ1) is 17.2. The van der Waals surface area contributed by atoms with E-state index >= 15 is 0 Å². The van der Waals surface area contributed by atoms with Crippen LogP contribution >= 0.6 is 0 Å². The van der Waals surface area contributed by atoms with Gasteiger partial charge in [0.1, 0.15) is 6.33 Å². The van der Waals surface area contributed by atoms with Gasteiger partial charge in [0.15, 0.2) is 0 Å². The number of benzene rings is 2. The second-order valence-corrected chi connectivity index (χ2v) is 7.86. The van der Waals surface area contributed by atoms with Gasteiger partial charge in [-0.1, -0.05) is 6.07 Å². The topological polar surface area (TPSA) is 119 Å². The fourth-order valence-electron chi connectivity index (χ4n) is 2.47. The molecule has 0 spiro atoms. The molecular weight excluding hydrogens is 368 g/mol. The minimum atomic E-state index is -3.80. The van der Waals surface area contributed by atoms with Crippen LogP contribution in [0.25, 0.3) is 5.69 Å². The van der Waals surface area contributed by atoms with Gasteiger partial charge in [0, 0.05) is 17.3 Å². The first-order valence-electron chi connectivity index (χ1n) is 8.28. The van der Waals surface area contributed by atoms with Crippen molar-refractivity contribution < 1.29 is 13.2 Å². The standard InChI is InChI=1S/C17H16N6O3S/c24-17(19-13-8-9-13)12-4-6-14(7-5-12)20-27(25,26)16-3-1-2-15(10-16)23-11-18-21-22-23/h1-7,10-11,13,20H,8-9H2,(H,19,24). The molecule has 1 heterocycles. The molecule has 4 rings (SSSR count). The average molecular weight is 384 g/mol. The molecule has 27 heavy (non-hydrogen) atoms. The maximum Gasteiger partial charge on any atom is 0.261 e. The van der Waals surface area contributed by atoms with E-state index in [0.29, 0.717) is 16.9 Å². The highest BCUT2D eigenvalue weighted by Crippen LogP contribution is 2.21. The highest BCUT2D eigenvalue weighted by molar-refractivity contribution is 7.92. The molecule has 0 aliphatic heterocycles. The van der Waals surface area contributed by atoms with Crippen LogP contribution in [0.1, 0.15) is 23.2 Å². The molecule has 2 aromatic carbocycles. The van der Waals surface area contributed by atoms with Gasteiger partial charge in [-0.2, -0.15) is 0 Å². The summed E-state index contributed by atoms with van der Waals surface area (Å²) < 4.78 is 29.2. The molecule has 0 radical (unpaired) electrons. The maximum absolute atomic E-state index is 12.6. The van der Waals surface area contributed by atoms with Gasteiger partial charge in [0.05, 0.1) is 10.6 Å². The summed E-state index contributed by atoms with van der Waals surface area (Å²) in [5.74, 6) is -0.152. The Labute approximate surface area is 155 Å². The SMILES string of the molecule is O=C(NC1CC1)c1ccc(NS(=O)(=O)c2cccc(-n3cnnn3)c2)cc1. The number of tetrazole rings is 1. The molecule has 138 valence electrons. The summed E-state index contributed by atoms with van der Waals surface area (Å²) in [6.07, 6.45) is 3.39. The van der Waals surface area contributed by atoms with Crippen LogP contribution in [-0.4, -0.2) is 40.6 Å². The summed E-state index contributed by atoms with van der Waals surface area (Å²) in [4.78, 5) is 12.1. The van der Waals surface area contributed by atoms with Crippen molar-refractivity contribution in [2.24, 2.45) is 0 Å². The molecule has 10 heteroatoms. The Balaban J connectivity index is 1.51. The van der Waals surface area contributed by atoms with E-state index in [9.17, 15) is 13.2 Å². The van der Waals surface area contributed by atoms with Gasteiger partial charge in [-0.05, 0) is 65.7 Å². The zero-order chi connectivity index (χ0) is 18.9. The molecule has 1 saturated carbocycles. The lowest BCUT2D eigenvalue weighted by atomic mass is 10.2. The molecule has 3 aromatic rings. The first-order valence-corrected chi connectivity index (χ1v) is 9.77. The van der Waals surface area contributed by atoms with Gasteiger partial charge in [-0.3, -0.25) is 9.52 Å². The number of nitrogens with zero attached hydrogens (tertiary/aromatic N) is 4. The van der Waals surface area contributed by atoms with Gasteiger partial charge < -0.3 is 5.32 Å². The zero-order valence-electron chi connectivity index (χ0n) is 14.1. The number of aromatic nitrogens is 4. The molecule has 1 amide bonds. The molecule has 0 unspecified atom stereocenters. The van der Waals surface area contributed by atoms with Crippen molar-refractivity contribution in [2.75, 3.05) is 4.72 Å². The van der Waals surface area contributed by atoms with Crippen molar-refractivity contribution in [3.8, 4) is 5.69 Å². The molecule has 1 aromatic heterocycles. The van der Waals surface area contributed by atoms with Crippen LogP contribution in [0.5, 0.6) is 0 Å². The normalized spacial score (nSPS) is 13.9. The van der Waals surface area contributed by atoms with Gasteiger partial charge >= 0.3 is 0 Å². The van der Waals surface area contributed by atoms with E-state index in [2.05, 4.69) is 25.6 Å². The zero-order valence-corrected chi connectivity index (χ0v) is 14.9. The summed E-state index contributed by atoms with van der Waals surface area (Å²) >= 11 is 0. The molecule has 0 bridgehead atoms. The van der Waals surface area contributed by atoms with Crippen LogP contribution in [0.3, 0.4) is 0 Å². The third-order valence-corrected chi connectivity index (χ3v) is 5.43. The fraction of sp³-hybridized carbons (Fsp3) is 0.176. The third-order valence-electron chi connectivity index (χ3n) is 4.05. The Hall–Kier alpha value is -3.27. The lowest BCUT2D eigenvalue weighted by Crippen LogP contribution is -2.25. The summed E-state index contributed by atoms with van der Waals surface area (Å²) in [5, 5.41) is 13.7. The number of anilines is 1.